The molecule has 5 N–H and O–H groups in total. The van der Waals surface area contributed by atoms with Crippen molar-refractivity contribution in [3.05, 3.63) is 53.5 Å². The van der Waals surface area contributed by atoms with Gasteiger partial charge < -0.3 is 21.7 Å². The van der Waals surface area contributed by atoms with E-state index in [2.05, 4.69) is 29.8 Å². The number of nitrogens with zero attached hydrogens (tertiary/aromatic N) is 1. The van der Waals surface area contributed by atoms with Crippen molar-refractivity contribution in [2.75, 3.05) is 18.9 Å². The van der Waals surface area contributed by atoms with E-state index in [0.717, 1.165) is 47.9 Å². The van der Waals surface area contributed by atoms with Crippen molar-refractivity contribution in [1.82, 2.24) is 15.2 Å². The Balaban J connectivity index is 1.49. The Morgan fingerprint density at radius 1 is 1.05 bits per heavy atom. The number of hydrogen-bond acceptors (Lipinski definition) is 5. The summed E-state index contributed by atoms with van der Waals surface area (Å²) in [7, 11) is 1.74. The number of rotatable bonds is 7. The largest absolute Gasteiger partial charge is 0.382 e. The predicted molar refractivity (Wildman–Crippen MR) is 150 cm³/mol. The smallest absolute Gasteiger partial charge is 0.250 e. The van der Waals surface area contributed by atoms with Crippen LogP contribution in [0, 0.1) is 11.2 Å². The van der Waals surface area contributed by atoms with Crippen LogP contribution in [0.15, 0.2) is 36.4 Å². The molecule has 2 heterocycles. The van der Waals surface area contributed by atoms with Gasteiger partial charge >= 0.3 is 0 Å². The third kappa shape index (κ3) is 5.41. The lowest BCUT2D eigenvalue weighted by molar-refractivity contribution is -0.121. The summed E-state index contributed by atoms with van der Waals surface area (Å²) in [4.78, 5) is 37.5. The average Bonchev–Trinajstić information content (AvgIpc) is 3.17. The fraction of sp³-hybridized carbons (Fsp3) is 0.433. The van der Waals surface area contributed by atoms with Gasteiger partial charge in [-0.2, -0.15) is 0 Å². The molecule has 1 saturated carbocycles. The molecule has 2 amide bonds. The predicted octanol–water partition coefficient (Wildman–Crippen LogP) is 4.22. The minimum atomic E-state index is -0.529. The number of hydrogen-bond donors (Lipinski definition) is 4. The van der Waals surface area contributed by atoms with Gasteiger partial charge in [-0.1, -0.05) is 19.9 Å². The molecular weight excluding hydrogens is 497 g/mol. The summed E-state index contributed by atoms with van der Waals surface area (Å²) >= 11 is 0. The van der Waals surface area contributed by atoms with Crippen LogP contribution in [-0.2, 0) is 11.2 Å². The monoisotopic (exact) mass is 533 g/mol. The summed E-state index contributed by atoms with van der Waals surface area (Å²) in [5.41, 5.74) is 9.67. The molecule has 3 aromatic rings. The quantitative estimate of drug-likeness (QED) is 0.363. The van der Waals surface area contributed by atoms with E-state index >= 15 is 0 Å². The van der Waals surface area contributed by atoms with Crippen LogP contribution < -0.4 is 21.7 Å². The van der Waals surface area contributed by atoms with Gasteiger partial charge in [-0.3, -0.25) is 19.0 Å². The molecule has 1 aliphatic heterocycles. The zero-order valence-corrected chi connectivity index (χ0v) is 22.7. The second kappa shape index (κ2) is 10.4. The van der Waals surface area contributed by atoms with Gasteiger partial charge in [0.1, 0.15) is 5.82 Å². The van der Waals surface area contributed by atoms with Crippen LogP contribution in [0.4, 0.5) is 10.1 Å². The van der Waals surface area contributed by atoms with Crippen molar-refractivity contribution >= 4 is 34.3 Å². The Kier molecular flexibility index (Phi) is 7.20. The number of amides is 2. The molecule has 206 valence electrons. The van der Waals surface area contributed by atoms with Gasteiger partial charge in [0.15, 0.2) is 0 Å². The van der Waals surface area contributed by atoms with E-state index in [4.69, 9.17) is 5.73 Å². The zero-order chi connectivity index (χ0) is 27.9. The Hall–Kier alpha value is -3.72. The number of primary amides is 1. The SMILES string of the molecule is CNCC(=O)NC1CCC(Nc2cc(-c3c4n(c5cc(F)ccc35)C(=O)CC(C)(C)C4)ccc2C(N)=O)CC1. The number of nitrogens with one attached hydrogen (secondary N) is 3. The highest BCUT2D eigenvalue weighted by Gasteiger charge is 2.35. The van der Waals surface area contributed by atoms with Gasteiger partial charge in [0.05, 0.1) is 17.6 Å². The highest BCUT2D eigenvalue weighted by Crippen LogP contribution is 2.43. The highest BCUT2D eigenvalue weighted by atomic mass is 19.1. The molecule has 0 saturated heterocycles. The lowest BCUT2D eigenvalue weighted by Gasteiger charge is -2.31. The maximum Gasteiger partial charge on any atom is 0.250 e. The number of carbonyl (C=O) groups is 3. The number of aromatic nitrogens is 1. The zero-order valence-electron chi connectivity index (χ0n) is 22.7. The minimum absolute atomic E-state index is 0.0118. The van der Waals surface area contributed by atoms with Gasteiger partial charge in [0, 0.05) is 40.8 Å². The summed E-state index contributed by atoms with van der Waals surface area (Å²) in [5, 5.41) is 10.3. The molecule has 2 aliphatic rings. The van der Waals surface area contributed by atoms with E-state index in [9.17, 15) is 18.8 Å². The lowest BCUT2D eigenvalue weighted by Crippen LogP contribution is -2.43. The fourth-order valence-corrected chi connectivity index (χ4v) is 6.17. The van der Waals surface area contributed by atoms with Gasteiger partial charge in [0.2, 0.25) is 11.8 Å². The van der Waals surface area contributed by atoms with E-state index < -0.39 is 11.7 Å². The summed E-state index contributed by atoms with van der Waals surface area (Å²) < 4.78 is 16.0. The van der Waals surface area contributed by atoms with Gasteiger partial charge in [-0.05, 0) is 80.5 Å². The summed E-state index contributed by atoms with van der Waals surface area (Å²) in [6.45, 7) is 4.43. The normalized spacial score (nSPS) is 20.5. The van der Waals surface area contributed by atoms with Crippen molar-refractivity contribution in [3.8, 4) is 11.1 Å². The minimum Gasteiger partial charge on any atom is -0.382 e. The fourth-order valence-electron chi connectivity index (χ4n) is 6.17. The number of nitrogens with two attached hydrogens (primary N) is 1. The van der Waals surface area contributed by atoms with Gasteiger partial charge in [-0.25, -0.2) is 4.39 Å². The maximum atomic E-state index is 14.3. The molecule has 0 atom stereocenters. The van der Waals surface area contributed by atoms with Crippen LogP contribution in [0.2, 0.25) is 0 Å². The second-order valence-electron chi connectivity index (χ2n) is 11.6. The summed E-state index contributed by atoms with van der Waals surface area (Å²) in [5.74, 6) is -0.980. The van der Waals surface area contributed by atoms with Crippen molar-refractivity contribution in [2.24, 2.45) is 11.1 Å². The molecule has 1 aliphatic carbocycles. The standard InChI is InChI=1S/C30H36FN5O3/c1-30(2)14-25-28(22-11-5-18(31)13-24(22)36(25)27(38)15-30)17-4-10-21(29(32)39)23(12-17)34-19-6-8-20(9-7-19)35-26(37)16-33-3/h4-5,10-13,19-20,33-34H,6-9,14-16H2,1-3H3,(H2,32,39)(H,35,37). The lowest BCUT2D eigenvalue weighted by atomic mass is 9.80. The van der Waals surface area contributed by atoms with Gasteiger partial charge in [0.25, 0.3) is 5.91 Å². The van der Waals surface area contributed by atoms with E-state index in [-0.39, 0.29) is 29.3 Å². The molecular formula is C30H36FN5O3. The second-order valence-corrected chi connectivity index (χ2v) is 11.6. The molecule has 5 rings (SSSR count). The van der Waals surface area contributed by atoms with Gasteiger partial charge in [-0.15, -0.1) is 0 Å². The number of benzene rings is 2. The molecule has 0 unspecified atom stereocenters. The molecule has 39 heavy (non-hydrogen) atoms. The number of halogens is 1. The van der Waals surface area contributed by atoms with E-state index in [1.54, 1.807) is 23.7 Å². The van der Waals surface area contributed by atoms with Crippen LogP contribution in [0.25, 0.3) is 22.0 Å². The maximum absolute atomic E-state index is 14.3. The molecule has 1 aromatic heterocycles. The van der Waals surface area contributed by atoms with Crippen molar-refractivity contribution < 1.29 is 18.8 Å². The van der Waals surface area contributed by atoms with Crippen LogP contribution in [0.5, 0.6) is 0 Å². The highest BCUT2D eigenvalue weighted by molar-refractivity contribution is 6.06. The Labute approximate surface area is 227 Å². The molecule has 1 fully saturated rings. The number of likely N-dealkylation sites (N-methyl/N-ethyl adjacent to an activating group) is 1. The first-order chi connectivity index (χ1) is 18.6. The van der Waals surface area contributed by atoms with Crippen molar-refractivity contribution in [2.45, 2.75) is 64.5 Å². The van der Waals surface area contributed by atoms with Crippen molar-refractivity contribution in [3.63, 3.8) is 0 Å². The third-order valence-corrected chi connectivity index (χ3v) is 7.92. The molecule has 8 nitrogen and oxygen atoms in total. The first-order valence-corrected chi connectivity index (χ1v) is 13.6. The Bertz CT molecular complexity index is 1450. The number of carbonyl (C=O) groups excluding carboxylic acids is 3. The Morgan fingerprint density at radius 2 is 1.77 bits per heavy atom. The summed E-state index contributed by atoms with van der Waals surface area (Å²) in [6.07, 6.45) is 4.37. The van der Waals surface area contributed by atoms with Crippen molar-refractivity contribution in [1.29, 1.82) is 0 Å². The number of fused-ring (bicyclic) bond motifs is 3. The van der Waals surface area contributed by atoms with Crippen LogP contribution in [0.3, 0.4) is 0 Å². The molecule has 0 radical (unpaired) electrons. The first kappa shape index (κ1) is 26.9. The molecule has 0 spiro atoms. The van der Waals surface area contributed by atoms with E-state index in [1.165, 1.54) is 12.1 Å². The van der Waals surface area contributed by atoms with Crippen LogP contribution in [0.1, 0.15) is 66.8 Å². The third-order valence-electron chi connectivity index (χ3n) is 7.92. The summed E-state index contributed by atoms with van der Waals surface area (Å²) in [6, 6.07) is 10.3. The topological polar surface area (TPSA) is 118 Å². The molecule has 9 heteroatoms. The average molecular weight is 534 g/mol. The first-order valence-electron chi connectivity index (χ1n) is 13.6. The Morgan fingerprint density at radius 3 is 2.46 bits per heavy atom. The van der Waals surface area contributed by atoms with Crippen LogP contribution >= 0.6 is 0 Å². The molecule has 0 bridgehead atoms. The van der Waals surface area contributed by atoms with Crippen LogP contribution in [-0.4, -0.2) is 48.0 Å². The van der Waals surface area contributed by atoms with E-state index in [1.807, 2.05) is 12.1 Å². The van der Waals surface area contributed by atoms with E-state index in [0.29, 0.717) is 36.2 Å². The number of anilines is 1. The molecule has 2 aromatic carbocycles.